The number of ether oxygens (including phenoxy) is 2. The molecule has 0 saturated heterocycles. The van der Waals surface area contributed by atoms with Gasteiger partial charge in [-0.2, -0.15) is 0 Å². The van der Waals surface area contributed by atoms with Crippen LogP contribution >= 0.6 is 0 Å². The van der Waals surface area contributed by atoms with Crippen LogP contribution in [0, 0.1) is 10.1 Å². The number of nitrogens with zero attached hydrogens (tertiary/aromatic N) is 1. The zero-order chi connectivity index (χ0) is 18.4. The summed E-state index contributed by atoms with van der Waals surface area (Å²) in [6.07, 6.45) is 0.917. The topological polar surface area (TPSA) is 120 Å². The van der Waals surface area contributed by atoms with Crippen molar-refractivity contribution in [2.45, 2.75) is 31.9 Å². The normalized spacial score (nSPS) is 14.5. The van der Waals surface area contributed by atoms with E-state index in [1.165, 1.54) is 26.2 Å². The maximum atomic E-state index is 12.1. The van der Waals surface area contributed by atoms with Crippen molar-refractivity contribution in [3.63, 3.8) is 0 Å². The zero-order valence-corrected chi connectivity index (χ0v) is 14.1. The number of rotatable bonds is 9. The van der Waals surface area contributed by atoms with E-state index in [0.29, 0.717) is 18.8 Å². The number of amides is 1. The van der Waals surface area contributed by atoms with Crippen LogP contribution in [0.3, 0.4) is 0 Å². The van der Waals surface area contributed by atoms with E-state index in [4.69, 9.17) is 9.47 Å². The monoisotopic (exact) mass is 351 g/mol. The molecule has 0 radical (unpaired) electrons. The van der Waals surface area contributed by atoms with Gasteiger partial charge in [-0.3, -0.25) is 14.9 Å². The van der Waals surface area contributed by atoms with E-state index >= 15 is 0 Å². The average Bonchev–Trinajstić information content (AvgIpc) is 3.38. The molecule has 0 aliphatic heterocycles. The molecule has 1 aliphatic rings. The number of carbonyl (C=O) groups excluding carboxylic acids is 2. The summed E-state index contributed by atoms with van der Waals surface area (Å²) in [6.45, 7) is 2.07. The van der Waals surface area contributed by atoms with Crippen LogP contribution in [-0.2, 0) is 14.3 Å². The first-order chi connectivity index (χ1) is 11.9. The lowest BCUT2D eigenvalue weighted by atomic mass is 10.1. The summed E-state index contributed by atoms with van der Waals surface area (Å²) in [4.78, 5) is 34.6. The van der Waals surface area contributed by atoms with Crippen molar-refractivity contribution in [2.75, 3.05) is 25.6 Å². The van der Waals surface area contributed by atoms with E-state index in [-0.39, 0.29) is 17.3 Å². The fraction of sp³-hybridized carbons (Fsp3) is 0.500. The van der Waals surface area contributed by atoms with Crippen molar-refractivity contribution < 1.29 is 24.0 Å². The molecule has 25 heavy (non-hydrogen) atoms. The van der Waals surface area contributed by atoms with Crippen LogP contribution in [0.5, 0.6) is 0 Å². The minimum atomic E-state index is -1.02. The molecule has 0 aromatic heterocycles. The highest BCUT2D eigenvalue weighted by atomic mass is 16.6. The third-order valence-corrected chi connectivity index (χ3v) is 3.63. The second-order valence-corrected chi connectivity index (χ2v) is 5.74. The van der Waals surface area contributed by atoms with Crippen LogP contribution in [0.25, 0.3) is 0 Å². The van der Waals surface area contributed by atoms with Crippen molar-refractivity contribution in [1.29, 1.82) is 0 Å². The molecular formula is C16H21N3O6. The van der Waals surface area contributed by atoms with Gasteiger partial charge in [0.2, 0.25) is 0 Å². The Hall–Kier alpha value is -2.68. The van der Waals surface area contributed by atoms with Gasteiger partial charge in [0, 0.05) is 25.8 Å². The van der Waals surface area contributed by atoms with Crippen molar-refractivity contribution in [3.05, 3.63) is 33.9 Å². The molecule has 136 valence electrons. The first kappa shape index (κ1) is 18.7. The number of nitro benzene ring substituents is 1. The van der Waals surface area contributed by atoms with Gasteiger partial charge >= 0.3 is 5.97 Å². The summed E-state index contributed by atoms with van der Waals surface area (Å²) in [6, 6.07) is 4.32. The lowest BCUT2D eigenvalue weighted by Gasteiger charge is -2.13. The van der Waals surface area contributed by atoms with Gasteiger partial charge in [0.15, 0.2) is 6.10 Å². The van der Waals surface area contributed by atoms with E-state index in [0.717, 1.165) is 18.9 Å². The molecule has 2 rings (SSSR count). The number of anilines is 1. The highest BCUT2D eigenvalue weighted by molar-refractivity contribution is 5.93. The number of hydrogen-bond acceptors (Lipinski definition) is 7. The molecule has 9 heteroatoms. The summed E-state index contributed by atoms with van der Waals surface area (Å²) in [5.74, 6) is -1.26. The maximum absolute atomic E-state index is 12.1. The van der Waals surface area contributed by atoms with Crippen molar-refractivity contribution in [1.82, 2.24) is 5.32 Å². The standard InChI is InChI=1S/C16H21N3O6/c1-10(15(20)17-7-8-24-2)25-16(21)11-3-6-13(18-12-4-5-12)14(9-11)19(22)23/h3,6,9-10,12,18H,4-5,7-8H2,1-2H3,(H,17,20)/t10-/m1/s1. The number of esters is 1. The second kappa shape index (κ2) is 8.43. The van der Waals surface area contributed by atoms with Crippen LogP contribution in [0.1, 0.15) is 30.1 Å². The van der Waals surface area contributed by atoms with Crippen molar-refractivity contribution in [3.8, 4) is 0 Å². The molecule has 0 bridgehead atoms. The zero-order valence-electron chi connectivity index (χ0n) is 14.1. The predicted octanol–water partition coefficient (Wildman–Crippen LogP) is 1.48. The van der Waals surface area contributed by atoms with Gasteiger partial charge in [-0.05, 0) is 31.9 Å². The Morgan fingerprint density at radius 3 is 2.72 bits per heavy atom. The average molecular weight is 351 g/mol. The fourth-order valence-electron chi connectivity index (χ4n) is 2.08. The van der Waals surface area contributed by atoms with E-state index in [1.54, 1.807) is 0 Å². The molecule has 0 spiro atoms. The van der Waals surface area contributed by atoms with E-state index in [2.05, 4.69) is 10.6 Å². The highest BCUT2D eigenvalue weighted by Gasteiger charge is 2.26. The molecule has 1 amide bonds. The molecule has 9 nitrogen and oxygen atoms in total. The SMILES string of the molecule is COCCNC(=O)[C@@H](C)OC(=O)c1ccc(NC2CC2)c([N+](=O)[O-])c1. The van der Waals surface area contributed by atoms with Crippen LogP contribution < -0.4 is 10.6 Å². The molecule has 1 aliphatic carbocycles. The lowest BCUT2D eigenvalue weighted by Crippen LogP contribution is -2.37. The Morgan fingerprint density at radius 1 is 1.40 bits per heavy atom. The summed E-state index contributed by atoms with van der Waals surface area (Å²) in [7, 11) is 1.50. The van der Waals surface area contributed by atoms with Crippen LogP contribution in [0.2, 0.25) is 0 Å². The molecule has 0 unspecified atom stereocenters. The third-order valence-electron chi connectivity index (χ3n) is 3.63. The van der Waals surface area contributed by atoms with Gasteiger partial charge in [-0.1, -0.05) is 0 Å². The number of nitrogens with one attached hydrogen (secondary N) is 2. The van der Waals surface area contributed by atoms with Crippen molar-refractivity contribution in [2.24, 2.45) is 0 Å². The minimum absolute atomic E-state index is 0.0181. The van der Waals surface area contributed by atoms with Gasteiger partial charge in [0.25, 0.3) is 11.6 Å². The van der Waals surface area contributed by atoms with Crippen LogP contribution in [0.15, 0.2) is 18.2 Å². The Labute approximate surface area is 144 Å². The Balaban J connectivity index is 2.01. The number of carbonyl (C=O) groups is 2. The maximum Gasteiger partial charge on any atom is 0.339 e. The largest absolute Gasteiger partial charge is 0.449 e. The Morgan fingerprint density at radius 2 is 2.12 bits per heavy atom. The molecule has 1 saturated carbocycles. The highest BCUT2D eigenvalue weighted by Crippen LogP contribution is 2.31. The summed E-state index contributed by atoms with van der Waals surface area (Å²) >= 11 is 0. The predicted molar refractivity (Wildman–Crippen MR) is 89.5 cm³/mol. The molecule has 1 aromatic carbocycles. The lowest BCUT2D eigenvalue weighted by molar-refractivity contribution is -0.384. The Bertz CT molecular complexity index is 659. The van der Waals surface area contributed by atoms with Gasteiger partial charge in [0.05, 0.1) is 17.1 Å². The first-order valence-electron chi connectivity index (χ1n) is 7.95. The van der Waals surface area contributed by atoms with Gasteiger partial charge < -0.3 is 20.1 Å². The summed E-state index contributed by atoms with van der Waals surface area (Å²) < 4.78 is 9.87. The Kier molecular flexibility index (Phi) is 6.29. The molecular weight excluding hydrogens is 330 g/mol. The van der Waals surface area contributed by atoms with E-state index in [9.17, 15) is 19.7 Å². The van der Waals surface area contributed by atoms with Gasteiger partial charge in [-0.25, -0.2) is 4.79 Å². The minimum Gasteiger partial charge on any atom is -0.449 e. The first-order valence-corrected chi connectivity index (χ1v) is 7.95. The van der Waals surface area contributed by atoms with Crippen molar-refractivity contribution >= 4 is 23.3 Å². The van der Waals surface area contributed by atoms with Crippen LogP contribution in [-0.4, -0.2) is 49.2 Å². The van der Waals surface area contributed by atoms with Gasteiger partial charge in [-0.15, -0.1) is 0 Å². The molecule has 2 N–H and O–H groups in total. The van der Waals surface area contributed by atoms with Crippen LogP contribution in [0.4, 0.5) is 11.4 Å². The summed E-state index contributed by atoms with van der Waals surface area (Å²) in [5.41, 5.74) is 0.192. The molecule has 0 heterocycles. The molecule has 1 aromatic rings. The number of methoxy groups -OCH3 is 1. The van der Waals surface area contributed by atoms with Gasteiger partial charge in [0.1, 0.15) is 5.69 Å². The molecule has 1 atom stereocenters. The quantitative estimate of drug-likeness (QED) is 0.299. The third kappa shape index (κ3) is 5.42. The number of nitro groups is 1. The van der Waals surface area contributed by atoms with E-state index < -0.39 is 22.9 Å². The fourth-order valence-corrected chi connectivity index (χ4v) is 2.08. The number of hydrogen-bond donors (Lipinski definition) is 2. The van der Waals surface area contributed by atoms with E-state index in [1.807, 2.05) is 0 Å². The summed E-state index contributed by atoms with van der Waals surface area (Å²) in [5, 5.41) is 16.8. The second-order valence-electron chi connectivity index (χ2n) is 5.74. The smallest absolute Gasteiger partial charge is 0.339 e. The number of benzene rings is 1. The molecule has 1 fully saturated rings.